The number of fused-ring (bicyclic) bond motifs is 6. The monoisotopic (exact) mass is 672 g/mol. The van der Waals surface area contributed by atoms with Gasteiger partial charge in [0.15, 0.2) is 11.5 Å². The number of para-hydroxylation sites is 1. The van der Waals surface area contributed by atoms with Crippen LogP contribution in [0.5, 0.6) is 17.2 Å². The molecule has 0 aliphatic heterocycles. The average molecular weight is 673 g/mol. The van der Waals surface area contributed by atoms with Crippen LogP contribution in [0.2, 0.25) is 5.02 Å². The third-order valence-corrected chi connectivity index (χ3v) is 9.65. The smallest absolute Gasteiger partial charge is 0.220 e. The van der Waals surface area contributed by atoms with E-state index in [0.717, 1.165) is 52.5 Å². The molecule has 3 aromatic carbocycles. The van der Waals surface area contributed by atoms with E-state index in [0.29, 0.717) is 65.8 Å². The molecule has 2 atom stereocenters. The lowest BCUT2D eigenvalue weighted by Crippen LogP contribution is -2.31. The molecule has 0 radical (unpaired) electrons. The molecule has 48 heavy (non-hydrogen) atoms. The van der Waals surface area contributed by atoms with Gasteiger partial charge in [0, 0.05) is 36.5 Å². The Hall–Kier alpha value is -4.70. The number of aromatic nitrogens is 1. The summed E-state index contributed by atoms with van der Waals surface area (Å²) in [5, 5.41) is 11.3. The first kappa shape index (κ1) is 33.2. The minimum absolute atomic E-state index is 0.0432. The number of nitrogens with one attached hydrogen (secondary N) is 4. The summed E-state index contributed by atoms with van der Waals surface area (Å²) >= 11 is 6.44. The van der Waals surface area contributed by atoms with Gasteiger partial charge in [-0.15, -0.1) is 0 Å². The summed E-state index contributed by atoms with van der Waals surface area (Å²) in [6, 6.07) is 12.6. The Morgan fingerprint density at radius 2 is 1.77 bits per heavy atom. The summed E-state index contributed by atoms with van der Waals surface area (Å²) in [5.41, 5.74) is 6.56. The van der Waals surface area contributed by atoms with Crippen molar-refractivity contribution in [3.05, 3.63) is 80.1 Å². The number of ether oxygens (including phenoxy) is 3. The van der Waals surface area contributed by atoms with Crippen LogP contribution in [0.4, 0.5) is 5.69 Å². The minimum Gasteiger partial charge on any atom is -0.493 e. The van der Waals surface area contributed by atoms with Crippen molar-refractivity contribution in [2.24, 2.45) is 0 Å². The number of methoxy groups -OCH3 is 3. The molecule has 2 aliphatic carbocycles. The fraction of sp³-hybridized carbons (Fsp3) is 0.378. The van der Waals surface area contributed by atoms with Gasteiger partial charge in [-0.2, -0.15) is 0 Å². The summed E-state index contributed by atoms with van der Waals surface area (Å²) < 4.78 is 17.1. The van der Waals surface area contributed by atoms with Gasteiger partial charge < -0.3 is 35.1 Å². The Bertz CT molecular complexity index is 1940. The molecule has 4 N–H and O–H groups in total. The summed E-state index contributed by atoms with van der Waals surface area (Å²) in [4.78, 5) is 42.3. The summed E-state index contributed by atoms with van der Waals surface area (Å²) in [6.45, 7) is 1.90. The predicted octanol–water partition coefficient (Wildman–Crippen LogP) is 6.38. The number of H-pyrrole nitrogens is 1. The second-order valence-corrected chi connectivity index (χ2v) is 12.7. The van der Waals surface area contributed by atoms with Crippen LogP contribution in [0, 0.1) is 0 Å². The average Bonchev–Trinajstić information content (AvgIpc) is 3.31. The molecule has 1 heterocycles. The van der Waals surface area contributed by atoms with Crippen molar-refractivity contribution >= 4 is 40.0 Å². The number of carbonyl (C=O) groups excluding carboxylic acids is 2. The largest absolute Gasteiger partial charge is 0.493 e. The maximum absolute atomic E-state index is 13.6. The fourth-order valence-corrected chi connectivity index (χ4v) is 7.41. The standard InChI is InChI=1S/C37H41ClN4O6/c1-20(43)40-27-15-13-21-18-31(46-2)36(47-3)37(48-4)33(21)22-14-16-28(30(44)19-25(22)27)39-17-7-12-32(45)41-29-11-6-9-24-23-8-5-10-26(38)34(23)42-35(24)29/h5,8,10,14,16,18-19,27,29,42H,6-7,9,11-13,15,17H2,1-4H3,(H,39,44)(H,40,43)(H,41,45)/t27-,29-/m0/s1. The fourth-order valence-electron chi connectivity index (χ4n) is 7.19. The molecule has 10 nitrogen and oxygen atoms in total. The zero-order chi connectivity index (χ0) is 33.9. The van der Waals surface area contributed by atoms with Crippen molar-refractivity contribution in [2.45, 2.75) is 64.0 Å². The molecule has 2 aliphatic rings. The normalized spacial score (nSPS) is 16.5. The summed E-state index contributed by atoms with van der Waals surface area (Å²) in [5.74, 6) is 1.26. The lowest BCUT2D eigenvalue weighted by Gasteiger charge is -2.24. The van der Waals surface area contributed by atoms with E-state index in [-0.39, 0.29) is 23.3 Å². The van der Waals surface area contributed by atoms with E-state index in [9.17, 15) is 14.4 Å². The zero-order valence-electron chi connectivity index (χ0n) is 27.7. The number of carbonyl (C=O) groups is 2. The van der Waals surface area contributed by atoms with Crippen LogP contribution in [-0.2, 0) is 22.4 Å². The van der Waals surface area contributed by atoms with Crippen LogP contribution in [-0.4, -0.2) is 44.7 Å². The van der Waals surface area contributed by atoms with Gasteiger partial charge in [0.1, 0.15) is 0 Å². The van der Waals surface area contributed by atoms with Crippen molar-refractivity contribution in [3.63, 3.8) is 0 Å². The molecule has 1 aromatic heterocycles. The first-order valence-electron chi connectivity index (χ1n) is 16.3. The molecule has 0 unspecified atom stereocenters. The lowest BCUT2D eigenvalue weighted by atomic mass is 9.91. The number of aromatic amines is 1. The Kier molecular flexibility index (Phi) is 9.82. The molecule has 0 spiro atoms. The highest BCUT2D eigenvalue weighted by atomic mass is 35.5. The number of hydrogen-bond acceptors (Lipinski definition) is 7. The van der Waals surface area contributed by atoms with Crippen LogP contribution in [0.15, 0.2) is 47.3 Å². The van der Waals surface area contributed by atoms with Gasteiger partial charge in [0.2, 0.25) is 23.0 Å². The molecule has 0 fully saturated rings. The zero-order valence-corrected chi connectivity index (χ0v) is 28.4. The lowest BCUT2D eigenvalue weighted by molar-refractivity contribution is -0.122. The number of halogens is 1. The second-order valence-electron chi connectivity index (χ2n) is 12.3. The van der Waals surface area contributed by atoms with Crippen molar-refractivity contribution in [1.29, 1.82) is 0 Å². The van der Waals surface area contributed by atoms with Gasteiger partial charge in [0.25, 0.3) is 0 Å². The molecule has 252 valence electrons. The van der Waals surface area contributed by atoms with E-state index < -0.39 is 6.04 Å². The number of benzene rings is 2. The first-order chi connectivity index (χ1) is 23.2. The van der Waals surface area contributed by atoms with E-state index in [1.54, 1.807) is 33.5 Å². The summed E-state index contributed by atoms with van der Waals surface area (Å²) in [6.07, 6.45) is 4.83. The van der Waals surface area contributed by atoms with Gasteiger partial charge in [-0.05, 0) is 85.0 Å². The van der Waals surface area contributed by atoms with Gasteiger partial charge in [-0.25, -0.2) is 0 Å². The van der Waals surface area contributed by atoms with Crippen LogP contribution in [0.25, 0.3) is 22.0 Å². The van der Waals surface area contributed by atoms with E-state index in [2.05, 4.69) is 27.0 Å². The second kappa shape index (κ2) is 14.2. The maximum atomic E-state index is 13.6. The van der Waals surface area contributed by atoms with E-state index in [1.165, 1.54) is 12.5 Å². The van der Waals surface area contributed by atoms with Gasteiger partial charge in [0.05, 0.1) is 49.6 Å². The van der Waals surface area contributed by atoms with Gasteiger partial charge in [-0.3, -0.25) is 14.4 Å². The first-order valence-corrected chi connectivity index (χ1v) is 16.7. The molecule has 11 heteroatoms. The Morgan fingerprint density at radius 1 is 0.958 bits per heavy atom. The van der Waals surface area contributed by atoms with Crippen LogP contribution in [0.1, 0.15) is 73.5 Å². The number of aryl methyl sites for hydroxylation is 2. The Morgan fingerprint density at radius 3 is 2.52 bits per heavy atom. The molecule has 0 bridgehead atoms. The highest BCUT2D eigenvalue weighted by molar-refractivity contribution is 6.35. The third kappa shape index (κ3) is 6.41. The SMILES string of the molecule is COc1cc2c(c(OC)c1OC)-c1ccc(NCCCC(=O)N[C@H]3CCCc4c3[nH]c3c(Cl)cccc43)c(=O)cc1[C@@H](NC(C)=O)CC2. The van der Waals surface area contributed by atoms with Crippen LogP contribution in [0.3, 0.4) is 0 Å². The quantitative estimate of drug-likeness (QED) is 0.144. The molecule has 2 amide bonds. The van der Waals surface area contributed by atoms with Gasteiger partial charge in [-0.1, -0.05) is 29.8 Å². The highest BCUT2D eigenvalue weighted by Crippen LogP contribution is 2.50. The van der Waals surface area contributed by atoms with Crippen molar-refractivity contribution in [2.75, 3.05) is 33.2 Å². The number of rotatable bonds is 10. The molecular weight excluding hydrogens is 632 g/mol. The van der Waals surface area contributed by atoms with E-state index in [1.807, 2.05) is 24.3 Å². The number of anilines is 1. The molecule has 4 aromatic rings. The van der Waals surface area contributed by atoms with Crippen molar-refractivity contribution in [1.82, 2.24) is 15.6 Å². The van der Waals surface area contributed by atoms with E-state index >= 15 is 0 Å². The summed E-state index contributed by atoms with van der Waals surface area (Å²) in [7, 11) is 4.70. The van der Waals surface area contributed by atoms with Crippen LogP contribution >= 0.6 is 11.6 Å². The minimum atomic E-state index is -0.392. The van der Waals surface area contributed by atoms with Gasteiger partial charge >= 0.3 is 0 Å². The molecule has 6 rings (SSSR count). The molecule has 0 saturated carbocycles. The number of hydrogen-bond donors (Lipinski definition) is 4. The number of amides is 2. The van der Waals surface area contributed by atoms with E-state index in [4.69, 9.17) is 25.8 Å². The highest BCUT2D eigenvalue weighted by Gasteiger charge is 2.30. The predicted molar refractivity (Wildman–Crippen MR) is 188 cm³/mol. The Labute approximate surface area is 284 Å². The van der Waals surface area contributed by atoms with Crippen molar-refractivity contribution in [3.8, 4) is 28.4 Å². The van der Waals surface area contributed by atoms with Crippen molar-refractivity contribution < 1.29 is 23.8 Å². The maximum Gasteiger partial charge on any atom is 0.220 e. The third-order valence-electron chi connectivity index (χ3n) is 9.34. The molecule has 0 saturated heterocycles. The van der Waals surface area contributed by atoms with Crippen LogP contribution < -0.4 is 35.6 Å². The molecular formula is C37H41ClN4O6. The Balaban J connectivity index is 1.20. The topological polar surface area (TPSA) is 131 Å².